The van der Waals surface area contributed by atoms with Crippen molar-refractivity contribution in [3.63, 3.8) is 0 Å². The molecule has 6 aliphatic rings. The van der Waals surface area contributed by atoms with Gasteiger partial charge >= 0.3 is 11.9 Å². The van der Waals surface area contributed by atoms with Crippen molar-refractivity contribution in [1.82, 2.24) is 0 Å². The molecule has 3 fully saturated rings. The third-order valence-electron chi connectivity index (χ3n) is 15.1. The molecular formula is C38H53FO5. The minimum Gasteiger partial charge on any atom is -0.481 e. The number of fused-ring (bicyclic) bond motifs is 7. The molecule has 0 saturated heterocycles. The molecule has 3 saturated carbocycles. The molecule has 44 heavy (non-hydrogen) atoms. The number of alkyl halides is 1. The van der Waals surface area contributed by atoms with Crippen molar-refractivity contribution < 1.29 is 29.0 Å². The van der Waals surface area contributed by atoms with Crippen LogP contribution < -0.4 is 0 Å². The Balaban J connectivity index is 1.37. The maximum Gasteiger partial charge on any atom is 0.314 e. The number of Topliss-reactive ketones (excluding diaryl/α,β-unsaturated/α-hetero) is 1. The standard InChI is InChI=1S/C38H53FO5/c1-22(2)29-26(40)20-38(32(43)44)19-18-35(6)25(30(29)38)8-9-28-34(5)14-12-24(33(3,4)27(34)13-15-36(28,35)7)23-10-16-37(21-39,17-11-23)31(41)42/h10,12,22,25,27-28H,8-9,11,13-21H2,1-7H3,(H,41,42)(H,43,44)/t25?,27?,28?,34-,35+,36+,37-,38+/m0/s1. The molecule has 0 heterocycles. The van der Waals surface area contributed by atoms with Crippen LogP contribution in [0.5, 0.6) is 0 Å². The van der Waals surface area contributed by atoms with Gasteiger partial charge < -0.3 is 10.2 Å². The smallest absolute Gasteiger partial charge is 0.314 e. The van der Waals surface area contributed by atoms with E-state index in [-0.39, 0.29) is 52.1 Å². The van der Waals surface area contributed by atoms with Crippen LogP contribution in [0.25, 0.3) is 0 Å². The number of ketones is 1. The zero-order valence-corrected chi connectivity index (χ0v) is 27.9. The number of halogens is 1. The highest BCUT2D eigenvalue weighted by Gasteiger charge is 2.70. The Bertz CT molecular complexity index is 1400. The number of hydrogen-bond acceptors (Lipinski definition) is 3. The number of carboxylic acid groups (broad SMARTS) is 2. The van der Waals surface area contributed by atoms with Crippen LogP contribution in [-0.2, 0) is 14.4 Å². The SMILES string of the molecule is CC(C)C1=C2C3CCC4[C@@]5(C)CC=C(C6=CC[C@](CF)(C(=O)O)CC6)C(C)(C)C5CC[C@@]4(C)[C@]3(C)CC[C@@]2(C(=O)O)CC1=O. The Kier molecular flexibility index (Phi) is 7.12. The average Bonchev–Trinajstić information content (AvgIpc) is 3.26. The number of hydrogen-bond donors (Lipinski definition) is 2. The van der Waals surface area contributed by atoms with Crippen molar-refractivity contribution in [2.24, 2.45) is 56.2 Å². The van der Waals surface area contributed by atoms with Crippen molar-refractivity contribution in [2.75, 3.05) is 6.67 Å². The molecule has 8 atom stereocenters. The fourth-order valence-electron chi connectivity index (χ4n) is 12.5. The molecule has 0 spiro atoms. The van der Waals surface area contributed by atoms with E-state index in [1.54, 1.807) is 0 Å². The second-order valence-electron chi connectivity index (χ2n) is 17.3. The summed E-state index contributed by atoms with van der Waals surface area (Å²) in [4.78, 5) is 38.2. The van der Waals surface area contributed by atoms with Crippen LogP contribution >= 0.6 is 0 Å². The molecule has 0 amide bonds. The molecule has 0 aromatic rings. The predicted molar refractivity (Wildman–Crippen MR) is 169 cm³/mol. The van der Waals surface area contributed by atoms with Gasteiger partial charge in [-0.15, -0.1) is 0 Å². The highest BCUT2D eigenvalue weighted by atomic mass is 19.1. The maximum absolute atomic E-state index is 13.9. The summed E-state index contributed by atoms with van der Waals surface area (Å²) < 4.78 is 13.9. The number of rotatable bonds is 5. The van der Waals surface area contributed by atoms with E-state index in [9.17, 15) is 29.0 Å². The van der Waals surface area contributed by atoms with Crippen LogP contribution in [-0.4, -0.2) is 34.6 Å². The lowest BCUT2D eigenvalue weighted by Crippen LogP contribution is -2.64. The first-order valence-corrected chi connectivity index (χ1v) is 17.2. The van der Waals surface area contributed by atoms with Gasteiger partial charge in [0.15, 0.2) is 5.78 Å². The van der Waals surface area contributed by atoms with Crippen molar-refractivity contribution >= 4 is 17.7 Å². The number of carboxylic acids is 2. The van der Waals surface area contributed by atoms with E-state index in [1.165, 1.54) is 11.1 Å². The zero-order valence-electron chi connectivity index (χ0n) is 27.9. The summed E-state index contributed by atoms with van der Waals surface area (Å²) in [6.45, 7) is 15.5. The fraction of sp³-hybridized carbons (Fsp3) is 0.763. The monoisotopic (exact) mass is 608 g/mol. The van der Waals surface area contributed by atoms with Gasteiger partial charge in [-0.25, -0.2) is 4.39 Å². The minimum absolute atomic E-state index is 0.0281. The largest absolute Gasteiger partial charge is 0.481 e. The molecule has 6 heteroatoms. The predicted octanol–water partition coefficient (Wildman–Crippen LogP) is 8.74. The minimum atomic E-state index is -1.29. The van der Waals surface area contributed by atoms with Gasteiger partial charge in [0.2, 0.25) is 0 Å². The molecule has 0 bridgehead atoms. The fourth-order valence-corrected chi connectivity index (χ4v) is 12.5. The van der Waals surface area contributed by atoms with Crippen molar-refractivity contribution in [3.8, 4) is 0 Å². The summed E-state index contributed by atoms with van der Waals surface area (Å²) in [6.07, 6.45) is 12.3. The van der Waals surface area contributed by atoms with Crippen LogP contribution in [0.1, 0.15) is 119 Å². The quantitative estimate of drug-likeness (QED) is 0.326. The molecule has 0 aromatic heterocycles. The lowest BCUT2D eigenvalue weighted by Gasteiger charge is -2.71. The Labute approximate surface area is 262 Å². The van der Waals surface area contributed by atoms with E-state index in [1.807, 2.05) is 6.08 Å². The van der Waals surface area contributed by atoms with Gasteiger partial charge in [-0.1, -0.05) is 60.6 Å². The summed E-state index contributed by atoms with van der Waals surface area (Å²) in [5.74, 6) is -0.688. The maximum atomic E-state index is 13.9. The molecule has 2 N–H and O–H groups in total. The summed E-state index contributed by atoms with van der Waals surface area (Å²) in [5.41, 5.74) is 1.99. The molecule has 0 radical (unpaired) electrons. The number of carbonyl (C=O) groups is 3. The Morgan fingerprint density at radius 1 is 0.886 bits per heavy atom. The van der Waals surface area contributed by atoms with Crippen molar-refractivity contribution in [3.05, 3.63) is 34.4 Å². The first-order chi connectivity index (χ1) is 20.4. The summed E-state index contributed by atoms with van der Waals surface area (Å²) >= 11 is 0. The summed E-state index contributed by atoms with van der Waals surface area (Å²) in [7, 11) is 0. The van der Waals surface area contributed by atoms with E-state index in [4.69, 9.17) is 0 Å². The van der Waals surface area contributed by atoms with Crippen LogP contribution in [0.15, 0.2) is 34.4 Å². The highest BCUT2D eigenvalue weighted by Crippen LogP contribution is 2.76. The van der Waals surface area contributed by atoms with Gasteiger partial charge in [0.1, 0.15) is 6.67 Å². The third-order valence-corrected chi connectivity index (χ3v) is 15.1. The Morgan fingerprint density at radius 2 is 1.59 bits per heavy atom. The number of carbonyl (C=O) groups excluding carboxylic acids is 1. The molecule has 242 valence electrons. The van der Waals surface area contributed by atoms with Crippen LogP contribution in [0.4, 0.5) is 4.39 Å². The normalized spacial score (nSPS) is 44.7. The van der Waals surface area contributed by atoms with Crippen molar-refractivity contribution in [1.29, 1.82) is 0 Å². The van der Waals surface area contributed by atoms with E-state index >= 15 is 0 Å². The van der Waals surface area contributed by atoms with E-state index in [0.29, 0.717) is 31.1 Å². The van der Waals surface area contributed by atoms with Gasteiger partial charge in [-0.3, -0.25) is 14.4 Å². The first-order valence-electron chi connectivity index (χ1n) is 17.2. The number of aliphatic carboxylic acids is 2. The van der Waals surface area contributed by atoms with E-state index in [0.717, 1.165) is 49.7 Å². The summed E-state index contributed by atoms with van der Waals surface area (Å²) in [5, 5.41) is 20.3. The lowest BCUT2D eigenvalue weighted by molar-refractivity contribution is -0.201. The number of allylic oxidation sites excluding steroid dienone is 5. The van der Waals surface area contributed by atoms with Gasteiger partial charge in [-0.2, -0.15) is 0 Å². The van der Waals surface area contributed by atoms with Crippen LogP contribution in [0.3, 0.4) is 0 Å². The molecule has 0 aliphatic heterocycles. The molecule has 0 aromatic carbocycles. The Morgan fingerprint density at radius 3 is 2.16 bits per heavy atom. The molecule has 6 aliphatic carbocycles. The topological polar surface area (TPSA) is 91.7 Å². The molecular weight excluding hydrogens is 555 g/mol. The Hall–Kier alpha value is -2.24. The molecule has 5 nitrogen and oxygen atoms in total. The third kappa shape index (κ3) is 3.84. The molecule has 6 rings (SSSR count). The first kappa shape index (κ1) is 31.7. The van der Waals surface area contributed by atoms with Gasteiger partial charge in [0.05, 0.1) is 10.8 Å². The summed E-state index contributed by atoms with van der Waals surface area (Å²) in [6, 6.07) is 0. The van der Waals surface area contributed by atoms with E-state index < -0.39 is 29.4 Å². The highest BCUT2D eigenvalue weighted by molar-refractivity contribution is 6.05. The van der Waals surface area contributed by atoms with Gasteiger partial charge in [0, 0.05) is 6.42 Å². The van der Waals surface area contributed by atoms with Gasteiger partial charge in [0.25, 0.3) is 0 Å². The van der Waals surface area contributed by atoms with Crippen LogP contribution in [0.2, 0.25) is 0 Å². The second kappa shape index (κ2) is 9.88. The van der Waals surface area contributed by atoms with Crippen molar-refractivity contribution in [2.45, 2.75) is 119 Å². The lowest BCUT2D eigenvalue weighted by atomic mass is 9.33. The van der Waals surface area contributed by atoms with E-state index in [2.05, 4.69) is 54.5 Å². The zero-order chi connectivity index (χ0) is 32.3. The van der Waals surface area contributed by atoms with Crippen LogP contribution in [0, 0.1) is 56.2 Å². The van der Waals surface area contributed by atoms with Gasteiger partial charge in [-0.05, 0) is 132 Å². The molecule has 3 unspecified atom stereocenters. The second-order valence-corrected chi connectivity index (χ2v) is 17.3. The average molecular weight is 609 g/mol.